The lowest BCUT2D eigenvalue weighted by molar-refractivity contribution is 0.00299. The highest BCUT2D eigenvalue weighted by Gasteiger charge is 2.48. The molecule has 3 rings (SSSR count). The predicted molar refractivity (Wildman–Crippen MR) is 82.8 cm³/mol. The Morgan fingerprint density at radius 3 is 2.74 bits per heavy atom. The van der Waals surface area contributed by atoms with Crippen molar-refractivity contribution >= 4 is 17.0 Å². The summed E-state index contributed by atoms with van der Waals surface area (Å²) in [7, 11) is 0. The van der Waals surface area contributed by atoms with Crippen LogP contribution in [0.15, 0.2) is 4.99 Å². The molecule has 2 aliphatic carbocycles. The highest BCUT2D eigenvalue weighted by molar-refractivity contribution is 8.13. The lowest BCUT2D eigenvalue weighted by atomic mass is 9.66. The fourth-order valence-corrected chi connectivity index (χ4v) is 4.99. The Morgan fingerprint density at radius 2 is 1.95 bits per heavy atom. The normalized spacial score (nSPS) is 33.4. The summed E-state index contributed by atoms with van der Waals surface area (Å²) in [6, 6.07) is 0. The van der Waals surface area contributed by atoms with Crippen LogP contribution in [0.4, 0.5) is 0 Å². The van der Waals surface area contributed by atoms with E-state index in [1.807, 2.05) is 11.8 Å². The van der Waals surface area contributed by atoms with Gasteiger partial charge in [-0.2, -0.15) is 0 Å². The zero-order valence-corrected chi connectivity index (χ0v) is 13.0. The van der Waals surface area contributed by atoms with Crippen LogP contribution < -0.4 is 0 Å². The van der Waals surface area contributed by atoms with Crippen molar-refractivity contribution in [2.75, 3.05) is 5.75 Å². The molecule has 108 valence electrons. The predicted octanol–water partition coefficient (Wildman–Crippen LogP) is 4.78. The summed E-state index contributed by atoms with van der Waals surface area (Å²) in [4.78, 5) is 5.15. The average Bonchev–Trinajstić information content (AvgIpc) is 2.46. The highest BCUT2D eigenvalue weighted by atomic mass is 32.2. The Hall–Kier alpha value is -0.180. The van der Waals surface area contributed by atoms with Gasteiger partial charge in [0.2, 0.25) is 5.23 Å². The van der Waals surface area contributed by atoms with Crippen molar-refractivity contribution in [1.29, 1.82) is 0 Å². The maximum Gasteiger partial charge on any atom is 0.246 e. The van der Waals surface area contributed by atoms with Crippen molar-refractivity contribution in [3.63, 3.8) is 0 Å². The van der Waals surface area contributed by atoms with Crippen LogP contribution in [0.2, 0.25) is 0 Å². The van der Waals surface area contributed by atoms with E-state index in [9.17, 15) is 0 Å². The number of hydrogen-bond acceptors (Lipinski definition) is 3. The van der Waals surface area contributed by atoms with E-state index in [1.165, 1.54) is 64.2 Å². The Kier molecular flexibility index (Phi) is 4.40. The molecule has 2 fully saturated rings. The van der Waals surface area contributed by atoms with Crippen LogP contribution in [0.1, 0.15) is 71.1 Å². The Balaban J connectivity index is 1.83. The van der Waals surface area contributed by atoms with Crippen LogP contribution in [0.3, 0.4) is 0 Å². The van der Waals surface area contributed by atoms with E-state index in [-0.39, 0.29) is 5.54 Å². The van der Waals surface area contributed by atoms with E-state index < -0.39 is 0 Å². The molecule has 3 aliphatic rings. The van der Waals surface area contributed by atoms with Gasteiger partial charge in [-0.15, -0.1) is 0 Å². The molecule has 0 saturated heterocycles. The van der Waals surface area contributed by atoms with Gasteiger partial charge in [0.15, 0.2) is 0 Å². The summed E-state index contributed by atoms with van der Waals surface area (Å²) in [6.07, 6.45) is 13.8. The number of thioether (sulfide) groups is 1. The Bertz CT molecular complexity index is 336. The van der Waals surface area contributed by atoms with E-state index in [2.05, 4.69) is 6.92 Å². The van der Waals surface area contributed by atoms with Crippen molar-refractivity contribution < 1.29 is 4.74 Å². The van der Waals surface area contributed by atoms with Gasteiger partial charge in [0.1, 0.15) is 6.10 Å². The summed E-state index contributed by atoms with van der Waals surface area (Å²) in [6.45, 7) is 2.23. The maximum absolute atomic E-state index is 6.23. The second kappa shape index (κ2) is 6.07. The molecule has 0 N–H and O–H groups in total. The molecule has 2 nitrogen and oxygen atoms in total. The molecule has 0 amide bonds. The third-order valence-corrected chi connectivity index (χ3v) is 6.15. The molecule has 0 aromatic rings. The fourth-order valence-electron chi connectivity index (χ4n) is 4.18. The van der Waals surface area contributed by atoms with Gasteiger partial charge in [-0.05, 0) is 38.5 Å². The quantitative estimate of drug-likeness (QED) is 0.726. The van der Waals surface area contributed by atoms with Gasteiger partial charge in [0.05, 0.1) is 5.54 Å². The molecule has 1 spiro atoms. The maximum atomic E-state index is 6.23. The van der Waals surface area contributed by atoms with Crippen LogP contribution in [0.5, 0.6) is 0 Å². The monoisotopic (exact) mass is 281 g/mol. The summed E-state index contributed by atoms with van der Waals surface area (Å²) in [5.74, 6) is 1.86. The molecule has 1 heterocycles. The van der Waals surface area contributed by atoms with Gasteiger partial charge in [-0.25, -0.2) is 4.99 Å². The van der Waals surface area contributed by atoms with Gasteiger partial charge in [0, 0.05) is 11.7 Å². The summed E-state index contributed by atoms with van der Waals surface area (Å²) >= 11 is 1.85. The number of fused-ring (bicyclic) bond motifs is 2. The molecular formula is C16H27NOS. The van der Waals surface area contributed by atoms with Crippen LogP contribution >= 0.6 is 11.8 Å². The molecule has 0 aromatic heterocycles. The Morgan fingerprint density at radius 1 is 1.16 bits per heavy atom. The van der Waals surface area contributed by atoms with E-state index in [4.69, 9.17) is 9.73 Å². The molecule has 0 radical (unpaired) electrons. The van der Waals surface area contributed by atoms with Crippen molar-refractivity contribution in [3.8, 4) is 0 Å². The molecule has 0 bridgehead atoms. The third-order valence-electron chi connectivity index (χ3n) is 5.11. The average molecular weight is 281 g/mol. The topological polar surface area (TPSA) is 21.6 Å². The summed E-state index contributed by atoms with van der Waals surface area (Å²) in [5.41, 5.74) is 0.262. The molecular weight excluding hydrogens is 254 g/mol. The largest absolute Gasteiger partial charge is 0.469 e. The molecule has 2 saturated carbocycles. The van der Waals surface area contributed by atoms with Crippen LogP contribution in [0.25, 0.3) is 0 Å². The molecule has 3 heteroatoms. The molecule has 2 atom stereocenters. The summed E-state index contributed by atoms with van der Waals surface area (Å²) in [5, 5.41) is 1.02. The molecule has 0 aromatic carbocycles. The second-order valence-corrected chi connectivity index (χ2v) is 7.48. The van der Waals surface area contributed by atoms with Crippen LogP contribution in [0, 0.1) is 5.92 Å². The SMILES string of the molecule is CCCSC1=NC2(CCCCC2)[C@@H]2CCCC[C@H]2O1. The first-order chi connectivity index (χ1) is 9.34. The van der Waals surface area contributed by atoms with Gasteiger partial charge >= 0.3 is 0 Å². The highest BCUT2D eigenvalue weighted by Crippen LogP contribution is 2.48. The number of rotatable bonds is 2. The number of hydrogen-bond donors (Lipinski definition) is 0. The van der Waals surface area contributed by atoms with E-state index >= 15 is 0 Å². The lowest BCUT2D eigenvalue weighted by Crippen LogP contribution is -2.51. The van der Waals surface area contributed by atoms with Gasteiger partial charge < -0.3 is 4.74 Å². The third kappa shape index (κ3) is 2.81. The van der Waals surface area contributed by atoms with Crippen LogP contribution in [-0.4, -0.2) is 22.6 Å². The zero-order chi connectivity index (χ0) is 13.1. The Labute approximate surface area is 121 Å². The standard InChI is InChI=1S/C16H27NOS/c1-2-12-19-15-17-16(10-6-3-7-11-16)13-8-4-5-9-14(13)18-15/h13-14H,2-12H2,1H3/t13-,14-/m1/s1. The van der Waals surface area contributed by atoms with Crippen molar-refractivity contribution in [2.45, 2.75) is 82.8 Å². The van der Waals surface area contributed by atoms with Crippen LogP contribution in [-0.2, 0) is 4.74 Å². The lowest BCUT2D eigenvalue weighted by Gasteiger charge is -2.49. The van der Waals surface area contributed by atoms with Crippen molar-refractivity contribution in [1.82, 2.24) is 0 Å². The zero-order valence-electron chi connectivity index (χ0n) is 12.2. The minimum Gasteiger partial charge on any atom is -0.469 e. The van der Waals surface area contributed by atoms with Crippen molar-refractivity contribution in [2.24, 2.45) is 10.9 Å². The van der Waals surface area contributed by atoms with Crippen molar-refractivity contribution in [3.05, 3.63) is 0 Å². The van der Waals surface area contributed by atoms with Gasteiger partial charge in [-0.1, -0.05) is 44.4 Å². The first-order valence-corrected chi connectivity index (χ1v) is 9.22. The smallest absolute Gasteiger partial charge is 0.246 e. The number of nitrogens with zero attached hydrogens (tertiary/aromatic N) is 1. The first kappa shape index (κ1) is 13.8. The minimum atomic E-state index is 0.262. The minimum absolute atomic E-state index is 0.262. The van der Waals surface area contributed by atoms with Gasteiger partial charge in [0.25, 0.3) is 0 Å². The molecule has 1 aliphatic heterocycles. The molecule has 0 unspecified atom stereocenters. The number of ether oxygens (including phenoxy) is 1. The first-order valence-electron chi connectivity index (χ1n) is 8.23. The second-order valence-electron chi connectivity index (χ2n) is 6.44. The molecule has 19 heavy (non-hydrogen) atoms. The summed E-state index contributed by atoms with van der Waals surface area (Å²) < 4.78 is 6.23. The number of aliphatic imine (C=N–C) groups is 1. The van der Waals surface area contributed by atoms with E-state index in [0.717, 1.165) is 11.0 Å². The van der Waals surface area contributed by atoms with E-state index in [1.54, 1.807) is 0 Å². The van der Waals surface area contributed by atoms with E-state index in [0.29, 0.717) is 12.0 Å². The van der Waals surface area contributed by atoms with Gasteiger partial charge in [-0.3, -0.25) is 0 Å². The fraction of sp³-hybridized carbons (Fsp3) is 0.938.